The minimum Gasteiger partial charge on any atom is -0.340 e. The molecule has 2 aromatic rings. The zero-order chi connectivity index (χ0) is 28.6. The molecule has 0 saturated carbocycles. The van der Waals surface area contributed by atoms with Crippen LogP contribution in [0.15, 0.2) is 42.5 Å². The summed E-state index contributed by atoms with van der Waals surface area (Å²) >= 11 is 0. The van der Waals surface area contributed by atoms with E-state index >= 15 is 0 Å². The van der Waals surface area contributed by atoms with Gasteiger partial charge in [0.2, 0.25) is 11.8 Å². The van der Waals surface area contributed by atoms with Crippen molar-refractivity contribution in [3.8, 4) is 0 Å². The van der Waals surface area contributed by atoms with Crippen LogP contribution in [0.3, 0.4) is 0 Å². The minimum atomic E-state index is -0.232. The number of halogens is 1. The van der Waals surface area contributed by atoms with E-state index in [9.17, 15) is 14.0 Å². The number of nitrogens with one attached hydrogen (secondary N) is 1. The minimum absolute atomic E-state index is 0.124. The molecule has 2 fully saturated rings. The van der Waals surface area contributed by atoms with Crippen LogP contribution in [-0.4, -0.2) is 97.0 Å². The fourth-order valence-electron chi connectivity index (χ4n) is 6.60. The Morgan fingerprint density at radius 1 is 1.00 bits per heavy atom. The summed E-state index contributed by atoms with van der Waals surface area (Å²) in [6.07, 6.45) is 0.697. The highest BCUT2D eigenvalue weighted by Gasteiger charge is 2.40. The van der Waals surface area contributed by atoms with Crippen molar-refractivity contribution in [2.75, 3.05) is 57.3 Å². The molecule has 0 aromatic heterocycles. The van der Waals surface area contributed by atoms with Crippen LogP contribution in [0.5, 0.6) is 0 Å². The molecular weight excluding hydrogens is 505 g/mol. The van der Waals surface area contributed by atoms with Crippen LogP contribution < -0.4 is 10.2 Å². The molecule has 3 heterocycles. The van der Waals surface area contributed by atoms with Gasteiger partial charge in [-0.3, -0.25) is 19.4 Å². The van der Waals surface area contributed by atoms with Gasteiger partial charge in [0, 0.05) is 82.0 Å². The van der Waals surface area contributed by atoms with Crippen molar-refractivity contribution in [1.82, 2.24) is 20.0 Å². The SMILES string of the molecule is CC(=O)N1CCN(C[C@H]2CN[C@H](C)CN2CC(=O)N2CC(C)(C)c3ccc(Cc4ccc(F)cc4)cc32)[C@H](C)C1. The van der Waals surface area contributed by atoms with Crippen molar-refractivity contribution in [2.24, 2.45) is 0 Å². The summed E-state index contributed by atoms with van der Waals surface area (Å²) in [5, 5.41) is 3.62. The maximum Gasteiger partial charge on any atom is 0.241 e. The zero-order valence-corrected chi connectivity index (χ0v) is 24.6. The standard InChI is InChI=1S/C32H44FN5O2/c1-22-17-37(28(16-34-22)19-35-12-13-36(24(3)39)18-23(35)2)20-31(40)38-21-32(4,5)29-11-8-26(15-30(29)38)14-25-6-9-27(33)10-7-25/h6-11,15,22-23,28,34H,12-14,16-21H2,1-5H3/t22-,23-,28-/m1/s1. The summed E-state index contributed by atoms with van der Waals surface area (Å²) in [7, 11) is 0. The van der Waals surface area contributed by atoms with Crippen molar-refractivity contribution in [3.05, 3.63) is 65.0 Å². The molecule has 0 bridgehead atoms. The molecule has 0 unspecified atom stereocenters. The van der Waals surface area contributed by atoms with Crippen molar-refractivity contribution < 1.29 is 14.0 Å². The largest absolute Gasteiger partial charge is 0.340 e. The van der Waals surface area contributed by atoms with Gasteiger partial charge >= 0.3 is 0 Å². The molecule has 2 aromatic carbocycles. The van der Waals surface area contributed by atoms with Gasteiger partial charge < -0.3 is 15.1 Å². The van der Waals surface area contributed by atoms with Gasteiger partial charge in [-0.05, 0) is 55.2 Å². The first-order valence-electron chi connectivity index (χ1n) is 14.7. The van der Waals surface area contributed by atoms with Crippen LogP contribution in [0.4, 0.5) is 10.1 Å². The predicted octanol–water partition coefficient (Wildman–Crippen LogP) is 3.26. The van der Waals surface area contributed by atoms with E-state index in [1.54, 1.807) is 6.92 Å². The van der Waals surface area contributed by atoms with Gasteiger partial charge in [0.05, 0.1) is 6.54 Å². The molecular formula is C32H44FN5O2. The van der Waals surface area contributed by atoms with Crippen LogP contribution in [0, 0.1) is 5.82 Å². The van der Waals surface area contributed by atoms with Crippen molar-refractivity contribution in [1.29, 1.82) is 0 Å². The predicted molar refractivity (Wildman–Crippen MR) is 157 cm³/mol. The molecule has 0 aliphatic carbocycles. The lowest BCUT2D eigenvalue weighted by Crippen LogP contribution is -2.63. The Kier molecular flexibility index (Phi) is 8.32. The number of hydrogen-bond acceptors (Lipinski definition) is 5. The van der Waals surface area contributed by atoms with Gasteiger partial charge in [-0.15, -0.1) is 0 Å². The second-order valence-corrected chi connectivity index (χ2v) is 12.7. The summed E-state index contributed by atoms with van der Waals surface area (Å²) in [5.41, 5.74) is 4.25. The first-order valence-corrected chi connectivity index (χ1v) is 14.7. The van der Waals surface area contributed by atoms with Crippen LogP contribution in [0.2, 0.25) is 0 Å². The third kappa shape index (κ3) is 6.24. The maximum atomic E-state index is 14.0. The third-order valence-corrected chi connectivity index (χ3v) is 8.98. The van der Waals surface area contributed by atoms with Gasteiger partial charge in [-0.1, -0.05) is 38.1 Å². The highest BCUT2D eigenvalue weighted by molar-refractivity contribution is 5.97. The summed E-state index contributed by atoms with van der Waals surface area (Å²) < 4.78 is 13.4. The Morgan fingerprint density at radius 2 is 1.73 bits per heavy atom. The molecule has 3 atom stereocenters. The van der Waals surface area contributed by atoms with E-state index in [-0.39, 0.29) is 29.1 Å². The van der Waals surface area contributed by atoms with Crippen LogP contribution in [0.1, 0.15) is 51.3 Å². The fraction of sp³-hybridized carbons (Fsp3) is 0.562. The number of fused-ring (bicyclic) bond motifs is 1. The second-order valence-electron chi connectivity index (χ2n) is 12.7. The van der Waals surface area contributed by atoms with E-state index in [1.165, 1.54) is 17.7 Å². The Bertz CT molecular complexity index is 1230. The lowest BCUT2D eigenvalue weighted by Gasteiger charge is -2.45. The smallest absolute Gasteiger partial charge is 0.241 e. The number of carbonyl (C=O) groups is 2. The molecule has 0 spiro atoms. The molecule has 7 nitrogen and oxygen atoms in total. The van der Waals surface area contributed by atoms with Crippen LogP contribution in [0.25, 0.3) is 0 Å². The molecule has 216 valence electrons. The highest BCUT2D eigenvalue weighted by Crippen LogP contribution is 2.41. The molecule has 2 amide bonds. The quantitative estimate of drug-likeness (QED) is 0.600. The first-order chi connectivity index (χ1) is 19.0. The molecule has 0 radical (unpaired) electrons. The summed E-state index contributed by atoms with van der Waals surface area (Å²) in [5.74, 6) is 0.0466. The van der Waals surface area contributed by atoms with E-state index in [2.05, 4.69) is 61.0 Å². The van der Waals surface area contributed by atoms with Gasteiger partial charge in [0.25, 0.3) is 0 Å². The molecule has 3 aliphatic rings. The summed E-state index contributed by atoms with van der Waals surface area (Å²) in [6, 6.07) is 13.9. The van der Waals surface area contributed by atoms with Gasteiger partial charge in [-0.25, -0.2) is 4.39 Å². The Morgan fingerprint density at radius 3 is 2.42 bits per heavy atom. The number of nitrogens with zero attached hydrogens (tertiary/aromatic N) is 4. The van der Waals surface area contributed by atoms with Gasteiger partial charge in [0.15, 0.2) is 0 Å². The van der Waals surface area contributed by atoms with Crippen molar-refractivity contribution >= 4 is 17.5 Å². The molecule has 8 heteroatoms. The van der Waals surface area contributed by atoms with E-state index < -0.39 is 0 Å². The van der Waals surface area contributed by atoms with E-state index in [1.807, 2.05) is 21.9 Å². The number of anilines is 1. The van der Waals surface area contributed by atoms with Gasteiger partial charge in [0.1, 0.15) is 5.82 Å². The molecule has 40 heavy (non-hydrogen) atoms. The Labute approximate surface area is 238 Å². The van der Waals surface area contributed by atoms with Crippen molar-refractivity contribution in [3.63, 3.8) is 0 Å². The molecule has 2 saturated heterocycles. The number of piperazine rings is 2. The second kappa shape index (κ2) is 11.6. The summed E-state index contributed by atoms with van der Waals surface area (Å²) in [6.45, 7) is 16.4. The third-order valence-electron chi connectivity index (χ3n) is 8.98. The molecule has 3 aliphatic heterocycles. The summed E-state index contributed by atoms with van der Waals surface area (Å²) in [4.78, 5) is 34.6. The molecule has 5 rings (SSSR count). The highest BCUT2D eigenvalue weighted by atomic mass is 19.1. The normalized spacial score (nSPS) is 25.2. The van der Waals surface area contributed by atoms with Crippen molar-refractivity contribution in [2.45, 2.75) is 64.6 Å². The topological polar surface area (TPSA) is 59.1 Å². The van der Waals surface area contributed by atoms with E-state index in [0.717, 1.165) is 56.1 Å². The lowest BCUT2D eigenvalue weighted by atomic mass is 9.86. The number of carbonyl (C=O) groups excluding carboxylic acids is 2. The number of benzene rings is 2. The van der Waals surface area contributed by atoms with Crippen LogP contribution in [-0.2, 0) is 21.4 Å². The maximum absolute atomic E-state index is 14.0. The van der Waals surface area contributed by atoms with Gasteiger partial charge in [-0.2, -0.15) is 0 Å². The zero-order valence-electron chi connectivity index (χ0n) is 24.6. The first kappa shape index (κ1) is 28.7. The lowest BCUT2D eigenvalue weighted by molar-refractivity contribution is -0.132. The Balaban J connectivity index is 1.30. The Hall–Kier alpha value is -2.81. The molecule has 1 N–H and O–H groups in total. The number of rotatable bonds is 6. The van der Waals surface area contributed by atoms with E-state index in [0.29, 0.717) is 31.6 Å². The monoisotopic (exact) mass is 549 g/mol. The fourth-order valence-corrected chi connectivity index (χ4v) is 6.60. The average molecular weight is 550 g/mol. The number of hydrogen-bond donors (Lipinski definition) is 1. The number of amides is 2. The average Bonchev–Trinajstić information content (AvgIpc) is 3.18. The van der Waals surface area contributed by atoms with Crippen LogP contribution >= 0.6 is 0 Å². The van der Waals surface area contributed by atoms with E-state index in [4.69, 9.17) is 0 Å².